The number of hydrogen-bond acceptors (Lipinski definition) is 4. The number of aryl methyl sites for hydroxylation is 1. The van der Waals surface area contributed by atoms with Gasteiger partial charge in [0.05, 0.1) is 10.5 Å². The van der Waals surface area contributed by atoms with Crippen LogP contribution >= 0.6 is 0 Å². The fourth-order valence-electron chi connectivity index (χ4n) is 2.79. The van der Waals surface area contributed by atoms with Gasteiger partial charge in [0, 0.05) is 24.4 Å². The molecule has 1 aromatic carbocycles. The zero-order chi connectivity index (χ0) is 15.7. The van der Waals surface area contributed by atoms with E-state index >= 15 is 0 Å². The number of anilines is 1. The monoisotopic (exact) mass is 292 g/mol. The molecular weight excluding hydrogens is 268 g/mol. The van der Waals surface area contributed by atoms with Gasteiger partial charge in [0.15, 0.2) is 0 Å². The summed E-state index contributed by atoms with van der Waals surface area (Å²) in [4.78, 5) is 10.3. The van der Waals surface area contributed by atoms with Crippen molar-refractivity contribution in [3.8, 4) is 0 Å². The Morgan fingerprint density at radius 3 is 2.43 bits per heavy atom. The molecule has 0 spiro atoms. The molecule has 116 valence electrons. The third kappa shape index (κ3) is 3.94. The lowest BCUT2D eigenvalue weighted by molar-refractivity contribution is -0.384. The molecule has 0 atom stereocenters. The number of aliphatic hydroxyl groups is 1. The van der Waals surface area contributed by atoms with E-state index < -0.39 is 10.5 Å². The number of hydrogen-bond donors (Lipinski definition) is 2. The van der Waals surface area contributed by atoms with Crippen molar-refractivity contribution in [2.45, 2.75) is 52.1 Å². The van der Waals surface area contributed by atoms with Crippen molar-refractivity contribution >= 4 is 11.4 Å². The van der Waals surface area contributed by atoms with Gasteiger partial charge in [0.25, 0.3) is 5.69 Å². The van der Waals surface area contributed by atoms with Gasteiger partial charge in [-0.15, -0.1) is 0 Å². The van der Waals surface area contributed by atoms with E-state index in [-0.39, 0.29) is 5.69 Å². The van der Waals surface area contributed by atoms with Crippen molar-refractivity contribution < 1.29 is 10.0 Å². The molecule has 1 fully saturated rings. The smallest absolute Gasteiger partial charge is 0.269 e. The molecule has 1 saturated carbocycles. The molecule has 0 aliphatic heterocycles. The Bertz CT molecular complexity index is 530. The van der Waals surface area contributed by atoms with Gasteiger partial charge < -0.3 is 10.4 Å². The number of nitro benzene ring substituents is 1. The Labute approximate surface area is 125 Å². The Morgan fingerprint density at radius 1 is 1.29 bits per heavy atom. The van der Waals surface area contributed by atoms with Crippen LogP contribution in [-0.4, -0.2) is 22.2 Å². The maximum Gasteiger partial charge on any atom is 0.269 e. The predicted octanol–water partition coefficient (Wildman–Crippen LogP) is 3.65. The predicted molar refractivity (Wildman–Crippen MR) is 83.5 cm³/mol. The fourth-order valence-corrected chi connectivity index (χ4v) is 2.79. The average Bonchev–Trinajstić information content (AvgIpc) is 2.41. The van der Waals surface area contributed by atoms with Crippen molar-refractivity contribution in [2.75, 3.05) is 11.9 Å². The fraction of sp³-hybridized carbons (Fsp3) is 0.625. The maximum absolute atomic E-state index is 10.7. The van der Waals surface area contributed by atoms with Crippen molar-refractivity contribution in [3.05, 3.63) is 33.9 Å². The van der Waals surface area contributed by atoms with Crippen LogP contribution in [0.5, 0.6) is 0 Å². The molecule has 0 saturated heterocycles. The molecule has 0 bridgehead atoms. The lowest BCUT2D eigenvalue weighted by Crippen LogP contribution is -2.42. The van der Waals surface area contributed by atoms with Crippen LogP contribution in [0, 0.1) is 22.5 Å². The molecule has 0 radical (unpaired) electrons. The van der Waals surface area contributed by atoms with Crippen LogP contribution in [0.2, 0.25) is 0 Å². The lowest BCUT2D eigenvalue weighted by Gasteiger charge is -2.40. The highest BCUT2D eigenvalue weighted by Gasteiger charge is 2.36. The molecule has 1 aliphatic carbocycles. The summed E-state index contributed by atoms with van der Waals surface area (Å²) in [5.41, 5.74) is 1.40. The molecule has 0 aromatic heterocycles. The first-order chi connectivity index (χ1) is 9.71. The minimum atomic E-state index is -0.677. The van der Waals surface area contributed by atoms with E-state index in [1.54, 1.807) is 12.1 Å². The molecule has 0 amide bonds. The first-order valence-electron chi connectivity index (χ1n) is 7.42. The van der Waals surface area contributed by atoms with E-state index in [0.717, 1.165) is 36.9 Å². The minimum Gasteiger partial charge on any atom is -0.388 e. The van der Waals surface area contributed by atoms with Gasteiger partial charge >= 0.3 is 0 Å². The molecule has 0 unspecified atom stereocenters. The summed E-state index contributed by atoms with van der Waals surface area (Å²) >= 11 is 0. The van der Waals surface area contributed by atoms with E-state index in [4.69, 9.17) is 0 Å². The summed E-state index contributed by atoms with van der Waals surface area (Å²) in [7, 11) is 0. The summed E-state index contributed by atoms with van der Waals surface area (Å²) < 4.78 is 0. The first kappa shape index (κ1) is 15.8. The van der Waals surface area contributed by atoms with Crippen LogP contribution in [0.3, 0.4) is 0 Å². The van der Waals surface area contributed by atoms with Gasteiger partial charge in [-0.3, -0.25) is 10.1 Å². The van der Waals surface area contributed by atoms with E-state index in [9.17, 15) is 15.2 Å². The molecule has 2 N–H and O–H groups in total. The second-order valence-electron chi connectivity index (χ2n) is 7.00. The van der Waals surface area contributed by atoms with Gasteiger partial charge in [-0.25, -0.2) is 0 Å². The summed E-state index contributed by atoms with van der Waals surface area (Å²) in [6.07, 6.45) is 3.62. The van der Waals surface area contributed by atoms with E-state index in [1.165, 1.54) is 6.07 Å². The van der Waals surface area contributed by atoms with E-state index in [2.05, 4.69) is 19.2 Å². The van der Waals surface area contributed by atoms with Crippen molar-refractivity contribution in [1.29, 1.82) is 0 Å². The van der Waals surface area contributed by atoms with Gasteiger partial charge in [0.1, 0.15) is 0 Å². The minimum absolute atomic E-state index is 0.0937. The Morgan fingerprint density at radius 2 is 1.90 bits per heavy atom. The standard InChI is InChI=1S/C16H24N2O3/c1-12-10-13(18(20)21)4-5-14(12)17-11-16(19)8-6-15(2,3)7-9-16/h4-5,10,17,19H,6-9,11H2,1-3H3. The number of nitrogens with zero attached hydrogens (tertiary/aromatic N) is 1. The molecule has 0 heterocycles. The summed E-state index contributed by atoms with van der Waals surface area (Å²) in [5, 5.41) is 24.6. The second-order valence-corrected chi connectivity index (χ2v) is 7.00. The molecule has 5 heteroatoms. The number of rotatable bonds is 4. The topological polar surface area (TPSA) is 75.4 Å². The zero-order valence-electron chi connectivity index (χ0n) is 13.0. The zero-order valence-corrected chi connectivity index (χ0v) is 13.0. The normalized spacial score (nSPS) is 20.0. The van der Waals surface area contributed by atoms with Crippen LogP contribution in [0.15, 0.2) is 18.2 Å². The Kier molecular flexibility index (Phi) is 4.23. The quantitative estimate of drug-likeness (QED) is 0.656. The van der Waals surface area contributed by atoms with Crippen LogP contribution < -0.4 is 5.32 Å². The first-order valence-corrected chi connectivity index (χ1v) is 7.42. The van der Waals surface area contributed by atoms with E-state index in [1.807, 2.05) is 6.92 Å². The highest BCUT2D eigenvalue weighted by Crippen LogP contribution is 2.40. The van der Waals surface area contributed by atoms with Gasteiger partial charge in [-0.1, -0.05) is 13.8 Å². The lowest BCUT2D eigenvalue weighted by atomic mass is 9.71. The number of non-ortho nitro benzene ring substituents is 1. The van der Waals surface area contributed by atoms with Gasteiger partial charge in [-0.2, -0.15) is 0 Å². The van der Waals surface area contributed by atoms with Crippen LogP contribution in [-0.2, 0) is 0 Å². The van der Waals surface area contributed by atoms with Crippen molar-refractivity contribution in [1.82, 2.24) is 0 Å². The van der Waals surface area contributed by atoms with Crippen molar-refractivity contribution in [2.24, 2.45) is 5.41 Å². The Balaban J connectivity index is 1.98. The van der Waals surface area contributed by atoms with Crippen molar-refractivity contribution in [3.63, 3.8) is 0 Å². The van der Waals surface area contributed by atoms with E-state index in [0.29, 0.717) is 12.0 Å². The molecule has 2 rings (SSSR count). The maximum atomic E-state index is 10.7. The summed E-state index contributed by atoms with van der Waals surface area (Å²) in [5.74, 6) is 0. The molecule has 1 aromatic rings. The third-order valence-electron chi connectivity index (χ3n) is 4.56. The Hall–Kier alpha value is -1.62. The summed E-state index contributed by atoms with van der Waals surface area (Å²) in [6.45, 7) is 6.80. The average molecular weight is 292 g/mol. The van der Waals surface area contributed by atoms with Crippen LogP contribution in [0.1, 0.15) is 45.1 Å². The molecule has 21 heavy (non-hydrogen) atoms. The highest BCUT2D eigenvalue weighted by atomic mass is 16.6. The molecular formula is C16H24N2O3. The van der Waals surface area contributed by atoms with Gasteiger partial charge in [0.2, 0.25) is 0 Å². The van der Waals surface area contributed by atoms with Gasteiger partial charge in [-0.05, 0) is 49.7 Å². The van der Waals surface area contributed by atoms with Crippen LogP contribution in [0.25, 0.3) is 0 Å². The number of nitrogens with one attached hydrogen (secondary N) is 1. The third-order valence-corrected chi connectivity index (χ3v) is 4.56. The summed E-state index contributed by atoms with van der Waals surface area (Å²) in [6, 6.07) is 4.75. The molecule has 5 nitrogen and oxygen atoms in total. The largest absolute Gasteiger partial charge is 0.388 e. The number of benzene rings is 1. The molecule has 1 aliphatic rings. The number of nitro groups is 1. The highest BCUT2D eigenvalue weighted by molar-refractivity contribution is 5.55. The second kappa shape index (κ2) is 5.64. The van der Waals surface area contributed by atoms with Crippen LogP contribution in [0.4, 0.5) is 11.4 Å². The SMILES string of the molecule is Cc1cc([N+](=O)[O-])ccc1NCC1(O)CCC(C)(C)CC1.